The van der Waals surface area contributed by atoms with Gasteiger partial charge >= 0.3 is 6.03 Å². The molecule has 1 N–H and O–H groups in total. The maximum Gasteiger partial charge on any atom is 0.317 e. The van der Waals surface area contributed by atoms with Crippen LogP contribution in [0.15, 0.2) is 30.3 Å². The smallest absolute Gasteiger partial charge is 0.317 e. The van der Waals surface area contributed by atoms with Crippen molar-refractivity contribution < 1.29 is 9.59 Å². The first-order valence-electron chi connectivity index (χ1n) is 9.22. The van der Waals surface area contributed by atoms with E-state index in [0.29, 0.717) is 31.3 Å². The van der Waals surface area contributed by atoms with Gasteiger partial charge in [-0.1, -0.05) is 58.0 Å². The van der Waals surface area contributed by atoms with E-state index in [9.17, 15) is 9.59 Å². The minimum Gasteiger partial charge on any atom is -0.336 e. The van der Waals surface area contributed by atoms with Crippen LogP contribution in [0.2, 0.25) is 0 Å². The van der Waals surface area contributed by atoms with Crippen molar-refractivity contribution in [2.45, 2.75) is 46.7 Å². The molecule has 1 unspecified atom stereocenters. The van der Waals surface area contributed by atoms with Crippen molar-refractivity contribution in [2.75, 3.05) is 19.6 Å². The first kappa shape index (κ1) is 19.3. The van der Waals surface area contributed by atoms with Gasteiger partial charge in [-0.25, -0.2) is 4.79 Å². The van der Waals surface area contributed by atoms with Crippen molar-refractivity contribution in [3.05, 3.63) is 35.9 Å². The zero-order valence-electron chi connectivity index (χ0n) is 15.9. The normalized spacial score (nSPS) is 17.4. The van der Waals surface area contributed by atoms with Gasteiger partial charge in [0.2, 0.25) is 5.91 Å². The molecular formula is C20H31N3O2. The number of amides is 3. The topological polar surface area (TPSA) is 52.7 Å². The Balaban J connectivity index is 1.91. The summed E-state index contributed by atoms with van der Waals surface area (Å²) in [6, 6.07) is 9.80. The Morgan fingerprint density at radius 3 is 2.32 bits per heavy atom. The third-order valence-corrected chi connectivity index (χ3v) is 4.22. The van der Waals surface area contributed by atoms with Crippen molar-refractivity contribution in [1.29, 1.82) is 0 Å². The molecule has 1 aliphatic heterocycles. The van der Waals surface area contributed by atoms with Crippen LogP contribution >= 0.6 is 0 Å². The molecule has 0 radical (unpaired) electrons. The van der Waals surface area contributed by atoms with Crippen molar-refractivity contribution in [1.82, 2.24) is 15.1 Å². The molecule has 1 aliphatic rings. The summed E-state index contributed by atoms with van der Waals surface area (Å²) in [5, 5.41) is 3.06. The molecule has 1 aromatic carbocycles. The molecular weight excluding hydrogens is 314 g/mol. The molecule has 1 aromatic rings. The molecule has 0 bridgehead atoms. The molecule has 0 aromatic heterocycles. The van der Waals surface area contributed by atoms with Crippen LogP contribution in [0, 0.1) is 11.8 Å². The van der Waals surface area contributed by atoms with E-state index in [4.69, 9.17) is 0 Å². The summed E-state index contributed by atoms with van der Waals surface area (Å²) >= 11 is 0. The standard InChI is InChI=1S/C20H31N3O2/c1-15(2)11-23(12-16(3)4)20(25)21-18-10-19(24)22(14-18)13-17-8-6-5-7-9-17/h5-9,15-16,18H,10-14H2,1-4H3,(H,21,25). The SMILES string of the molecule is CC(C)CN(CC(C)C)C(=O)NC1CC(=O)N(Cc2ccccc2)C1. The van der Waals surface area contributed by atoms with Crippen molar-refractivity contribution in [3.63, 3.8) is 0 Å². The van der Waals surface area contributed by atoms with Crippen molar-refractivity contribution in [2.24, 2.45) is 11.8 Å². The van der Waals surface area contributed by atoms with Gasteiger partial charge in [0.15, 0.2) is 0 Å². The highest BCUT2D eigenvalue weighted by Crippen LogP contribution is 2.16. The summed E-state index contributed by atoms with van der Waals surface area (Å²) in [6.45, 7) is 11.1. The summed E-state index contributed by atoms with van der Waals surface area (Å²) < 4.78 is 0. The monoisotopic (exact) mass is 345 g/mol. The molecule has 1 atom stereocenters. The third kappa shape index (κ3) is 6.07. The van der Waals surface area contributed by atoms with Crippen LogP contribution in [0.4, 0.5) is 4.79 Å². The zero-order chi connectivity index (χ0) is 18.4. The van der Waals surface area contributed by atoms with Gasteiger partial charge < -0.3 is 15.1 Å². The van der Waals surface area contributed by atoms with E-state index in [0.717, 1.165) is 18.7 Å². The number of carbonyl (C=O) groups excluding carboxylic acids is 2. The number of hydrogen-bond donors (Lipinski definition) is 1. The summed E-state index contributed by atoms with van der Waals surface area (Å²) in [5.41, 5.74) is 1.11. The minimum atomic E-state index is -0.106. The maximum absolute atomic E-state index is 12.6. The fourth-order valence-electron chi connectivity index (χ4n) is 3.21. The second kappa shape index (κ2) is 8.88. The van der Waals surface area contributed by atoms with Gasteiger partial charge in [-0.05, 0) is 17.4 Å². The molecule has 0 spiro atoms. The summed E-state index contributed by atoms with van der Waals surface area (Å²) in [7, 11) is 0. The van der Waals surface area contributed by atoms with E-state index < -0.39 is 0 Å². The molecule has 5 heteroatoms. The first-order chi connectivity index (χ1) is 11.8. The molecule has 1 heterocycles. The Kier molecular flexibility index (Phi) is 6.85. The van der Waals surface area contributed by atoms with Crippen LogP contribution in [0.5, 0.6) is 0 Å². The number of hydrogen-bond acceptors (Lipinski definition) is 2. The number of nitrogens with zero attached hydrogens (tertiary/aromatic N) is 2. The molecule has 0 aliphatic carbocycles. The average molecular weight is 345 g/mol. The van der Waals surface area contributed by atoms with Gasteiger partial charge in [0.25, 0.3) is 0 Å². The van der Waals surface area contributed by atoms with Crippen LogP contribution in [-0.2, 0) is 11.3 Å². The van der Waals surface area contributed by atoms with Gasteiger partial charge in [-0.3, -0.25) is 4.79 Å². The van der Waals surface area contributed by atoms with E-state index in [1.165, 1.54) is 0 Å². The Labute approximate surface area is 151 Å². The fraction of sp³-hybridized carbons (Fsp3) is 0.600. The number of nitrogens with one attached hydrogen (secondary N) is 1. The van der Waals surface area contributed by atoms with Gasteiger partial charge in [-0.2, -0.15) is 0 Å². The Hall–Kier alpha value is -2.04. The predicted molar refractivity (Wildman–Crippen MR) is 100 cm³/mol. The number of likely N-dealkylation sites (tertiary alicyclic amines) is 1. The first-order valence-corrected chi connectivity index (χ1v) is 9.22. The summed E-state index contributed by atoms with van der Waals surface area (Å²) in [6.07, 6.45) is 0.385. The lowest BCUT2D eigenvalue weighted by atomic mass is 10.1. The number of carbonyl (C=O) groups is 2. The van der Waals surface area contributed by atoms with Crippen molar-refractivity contribution in [3.8, 4) is 0 Å². The Morgan fingerprint density at radius 2 is 1.76 bits per heavy atom. The van der Waals surface area contributed by atoms with E-state index >= 15 is 0 Å². The van der Waals surface area contributed by atoms with Crippen molar-refractivity contribution >= 4 is 11.9 Å². The highest BCUT2D eigenvalue weighted by molar-refractivity contribution is 5.81. The number of rotatable bonds is 7. The molecule has 1 saturated heterocycles. The van der Waals surface area contributed by atoms with Crippen LogP contribution < -0.4 is 5.32 Å². The summed E-state index contributed by atoms with van der Waals surface area (Å²) in [4.78, 5) is 28.6. The molecule has 3 amide bonds. The van der Waals surface area contributed by atoms with E-state index in [-0.39, 0.29) is 18.0 Å². The summed E-state index contributed by atoms with van der Waals surface area (Å²) in [5.74, 6) is 0.946. The highest BCUT2D eigenvalue weighted by Gasteiger charge is 2.31. The van der Waals surface area contributed by atoms with Crippen LogP contribution in [-0.4, -0.2) is 47.4 Å². The van der Waals surface area contributed by atoms with Gasteiger partial charge in [-0.15, -0.1) is 0 Å². The maximum atomic E-state index is 12.6. The predicted octanol–water partition coefficient (Wildman–Crippen LogP) is 3.11. The lowest BCUT2D eigenvalue weighted by Crippen LogP contribution is -2.48. The van der Waals surface area contributed by atoms with E-state index in [2.05, 4.69) is 33.0 Å². The van der Waals surface area contributed by atoms with Crippen LogP contribution in [0.25, 0.3) is 0 Å². The molecule has 0 saturated carbocycles. The van der Waals surface area contributed by atoms with E-state index in [1.54, 1.807) is 0 Å². The minimum absolute atomic E-state index is 0.0539. The van der Waals surface area contributed by atoms with Gasteiger partial charge in [0, 0.05) is 32.6 Å². The zero-order valence-corrected chi connectivity index (χ0v) is 15.9. The lowest BCUT2D eigenvalue weighted by molar-refractivity contribution is -0.128. The molecule has 5 nitrogen and oxygen atoms in total. The third-order valence-electron chi connectivity index (χ3n) is 4.22. The molecule has 25 heavy (non-hydrogen) atoms. The van der Waals surface area contributed by atoms with Gasteiger partial charge in [0.1, 0.15) is 0 Å². The van der Waals surface area contributed by atoms with Crippen LogP contribution in [0.3, 0.4) is 0 Å². The quantitative estimate of drug-likeness (QED) is 0.825. The average Bonchev–Trinajstić information content (AvgIpc) is 2.86. The highest BCUT2D eigenvalue weighted by atomic mass is 16.2. The second-order valence-corrected chi connectivity index (χ2v) is 7.80. The lowest BCUT2D eigenvalue weighted by Gasteiger charge is -2.28. The molecule has 1 fully saturated rings. The number of benzene rings is 1. The van der Waals surface area contributed by atoms with E-state index in [1.807, 2.05) is 40.1 Å². The number of urea groups is 1. The second-order valence-electron chi connectivity index (χ2n) is 7.80. The fourth-order valence-corrected chi connectivity index (χ4v) is 3.21. The van der Waals surface area contributed by atoms with Crippen LogP contribution in [0.1, 0.15) is 39.7 Å². The Bertz CT molecular complexity index is 562. The molecule has 2 rings (SSSR count). The molecule has 138 valence electrons. The Morgan fingerprint density at radius 1 is 1.16 bits per heavy atom. The van der Waals surface area contributed by atoms with Gasteiger partial charge in [0.05, 0.1) is 6.04 Å². The largest absolute Gasteiger partial charge is 0.336 e.